The fraction of sp³-hybridized carbons (Fsp3) is 0.294. The van der Waals surface area contributed by atoms with Crippen molar-refractivity contribution in [3.63, 3.8) is 0 Å². The number of hydrogen-bond acceptors (Lipinski definition) is 2. The van der Waals surface area contributed by atoms with Crippen LogP contribution in [0.15, 0.2) is 42.5 Å². The van der Waals surface area contributed by atoms with E-state index in [0.29, 0.717) is 25.2 Å². The molecule has 0 saturated carbocycles. The van der Waals surface area contributed by atoms with Gasteiger partial charge in [-0.25, -0.2) is 4.39 Å². The van der Waals surface area contributed by atoms with Crippen LogP contribution in [0.1, 0.15) is 18.1 Å². The highest BCUT2D eigenvalue weighted by Gasteiger charge is 2.16. The molecule has 0 bridgehead atoms. The van der Waals surface area contributed by atoms with Gasteiger partial charge >= 0.3 is 0 Å². The molecule has 0 aliphatic rings. The Balaban J connectivity index is 2.51. The van der Waals surface area contributed by atoms with Gasteiger partial charge in [-0.1, -0.05) is 24.3 Å². The summed E-state index contributed by atoms with van der Waals surface area (Å²) < 4.78 is 14.3. The van der Waals surface area contributed by atoms with Gasteiger partial charge in [0.1, 0.15) is 5.82 Å². The largest absolute Gasteiger partial charge is 0.339 e. The van der Waals surface area contributed by atoms with E-state index in [1.165, 1.54) is 6.07 Å². The van der Waals surface area contributed by atoms with Crippen LogP contribution in [0.5, 0.6) is 0 Å². The molecule has 0 radical (unpaired) electrons. The summed E-state index contributed by atoms with van der Waals surface area (Å²) in [7, 11) is 0. The molecule has 2 nitrogen and oxygen atoms in total. The van der Waals surface area contributed by atoms with Crippen LogP contribution in [0.2, 0.25) is 0 Å². The van der Waals surface area contributed by atoms with Gasteiger partial charge in [-0.15, -0.1) is 0 Å². The van der Waals surface area contributed by atoms with Gasteiger partial charge in [-0.05, 0) is 56.1 Å². The number of hydrogen-bond donors (Lipinski definition) is 1. The normalized spacial score (nSPS) is 10.6. The molecule has 0 unspecified atom stereocenters. The lowest BCUT2D eigenvalue weighted by Crippen LogP contribution is -2.20. The lowest BCUT2D eigenvalue weighted by atomic mass is 10.1. The van der Waals surface area contributed by atoms with Gasteiger partial charge < -0.3 is 10.6 Å². The van der Waals surface area contributed by atoms with Crippen molar-refractivity contribution >= 4 is 11.4 Å². The zero-order chi connectivity index (χ0) is 14.5. The van der Waals surface area contributed by atoms with Crippen LogP contribution >= 0.6 is 0 Å². The van der Waals surface area contributed by atoms with E-state index in [-0.39, 0.29) is 5.82 Å². The quantitative estimate of drug-likeness (QED) is 0.897. The maximum Gasteiger partial charge on any atom is 0.147 e. The van der Waals surface area contributed by atoms with Crippen LogP contribution in [0.25, 0.3) is 0 Å². The third-order valence-corrected chi connectivity index (χ3v) is 3.38. The Kier molecular flexibility index (Phi) is 4.74. The summed E-state index contributed by atoms with van der Waals surface area (Å²) in [6.07, 6.45) is 0.676. The summed E-state index contributed by atoms with van der Waals surface area (Å²) >= 11 is 0. The van der Waals surface area contributed by atoms with Crippen molar-refractivity contribution in [3.8, 4) is 0 Å². The first-order chi connectivity index (χ1) is 9.67. The van der Waals surface area contributed by atoms with Crippen LogP contribution in [-0.4, -0.2) is 13.1 Å². The Morgan fingerprint density at radius 3 is 2.55 bits per heavy atom. The zero-order valence-electron chi connectivity index (χ0n) is 12.1. The predicted molar refractivity (Wildman–Crippen MR) is 83.0 cm³/mol. The third kappa shape index (κ3) is 2.99. The molecule has 0 aromatic heterocycles. The molecule has 0 spiro atoms. The minimum atomic E-state index is -0.195. The number of halogens is 1. The zero-order valence-corrected chi connectivity index (χ0v) is 12.1. The van der Waals surface area contributed by atoms with Gasteiger partial charge in [0.25, 0.3) is 0 Å². The summed E-state index contributed by atoms with van der Waals surface area (Å²) in [6.45, 7) is 5.30. The first-order valence-corrected chi connectivity index (χ1v) is 6.99. The van der Waals surface area contributed by atoms with Gasteiger partial charge in [0.2, 0.25) is 0 Å². The van der Waals surface area contributed by atoms with Crippen LogP contribution in [0.3, 0.4) is 0 Å². The fourth-order valence-corrected chi connectivity index (χ4v) is 2.49. The van der Waals surface area contributed by atoms with Crippen molar-refractivity contribution in [2.75, 3.05) is 18.0 Å². The maximum atomic E-state index is 14.3. The van der Waals surface area contributed by atoms with Gasteiger partial charge in [0.05, 0.1) is 5.69 Å². The molecule has 20 heavy (non-hydrogen) atoms. The van der Waals surface area contributed by atoms with E-state index < -0.39 is 0 Å². The highest BCUT2D eigenvalue weighted by atomic mass is 19.1. The summed E-state index contributed by atoms with van der Waals surface area (Å²) in [5.74, 6) is -0.195. The van der Waals surface area contributed by atoms with E-state index in [1.54, 1.807) is 6.07 Å². The van der Waals surface area contributed by atoms with E-state index in [2.05, 4.69) is 6.07 Å². The van der Waals surface area contributed by atoms with Crippen LogP contribution in [-0.2, 0) is 6.42 Å². The minimum Gasteiger partial charge on any atom is -0.339 e. The predicted octanol–water partition coefficient (Wildman–Crippen LogP) is 3.79. The maximum absolute atomic E-state index is 14.3. The third-order valence-electron chi connectivity index (χ3n) is 3.38. The second-order valence-corrected chi connectivity index (χ2v) is 4.87. The Hall–Kier alpha value is -1.87. The monoisotopic (exact) mass is 272 g/mol. The van der Waals surface area contributed by atoms with Gasteiger partial charge in [-0.2, -0.15) is 0 Å². The van der Waals surface area contributed by atoms with Crippen molar-refractivity contribution in [2.45, 2.75) is 20.3 Å². The SMILES string of the molecule is CCN(c1cccc(C)c1)c1c(F)cccc1CCN. The summed E-state index contributed by atoms with van der Waals surface area (Å²) in [5, 5.41) is 0. The van der Waals surface area contributed by atoms with E-state index in [1.807, 2.05) is 43.0 Å². The number of anilines is 2. The highest BCUT2D eigenvalue weighted by molar-refractivity contribution is 5.67. The van der Waals surface area contributed by atoms with E-state index in [0.717, 1.165) is 16.8 Å². The van der Waals surface area contributed by atoms with Gasteiger partial charge in [0, 0.05) is 12.2 Å². The number of nitrogens with zero attached hydrogens (tertiary/aromatic N) is 1. The molecule has 0 amide bonds. The van der Waals surface area contributed by atoms with Crippen LogP contribution in [0, 0.1) is 12.7 Å². The van der Waals surface area contributed by atoms with Gasteiger partial charge in [0.15, 0.2) is 0 Å². The summed E-state index contributed by atoms with van der Waals surface area (Å²) in [4.78, 5) is 2.01. The number of benzene rings is 2. The van der Waals surface area contributed by atoms with E-state index >= 15 is 0 Å². The average molecular weight is 272 g/mol. The van der Waals surface area contributed by atoms with Crippen molar-refractivity contribution in [2.24, 2.45) is 5.73 Å². The smallest absolute Gasteiger partial charge is 0.147 e. The Labute approximate surface area is 120 Å². The molecule has 2 rings (SSSR count). The molecule has 0 fully saturated rings. The molecule has 0 aliphatic carbocycles. The summed E-state index contributed by atoms with van der Waals surface area (Å²) in [5.41, 5.74) is 9.42. The van der Waals surface area contributed by atoms with Crippen molar-refractivity contribution in [3.05, 3.63) is 59.4 Å². The highest BCUT2D eigenvalue weighted by Crippen LogP contribution is 2.31. The lowest BCUT2D eigenvalue weighted by molar-refractivity contribution is 0.623. The van der Waals surface area contributed by atoms with Crippen molar-refractivity contribution in [1.29, 1.82) is 0 Å². The topological polar surface area (TPSA) is 29.3 Å². The van der Waals surface area contributed by atoms with Crippen molar-refractivity contribution in [1.82, 2.24) is 0 Å². The van der Waals surface area contributed by atoms with E-state index in [9.17, 15) is 4.39 Å². The van der Waals surface area contributed by atoms with Crippen molar-refractivity contribution < 1.29 is 4.39 Å². The fourth-order valence-electron chi connectivity index (χ4n) is 2.49. The second kappa shape index (κ2) is 6.53. The molecule has 2 N–H and O–H groups in total. The molecule has 2 aromatic carbocycles. The molecular formula is C17H21FN2. The van der Waals surface area contributed by atoms with Crippen LogP contribution < -0.4 is 10.6 Å². The first kappa shape index (κ1) is 14.5. The van der Waals surface area contributed by atoms with Crippen LogP contribution in [0.4, 0.5) is 15.8 Å². The standard InChI is InChI=1S/C17H21FN2/c1-3-20(15-8-4-6-13(2)12-15)17-14(10-11-19)7-5-9-16(17)18/h4-9,12H,3,10-11,19H2,1-2H3. The number of nitrogens with two attached hydrogens (primary N) is 1. The molecule has 0 atom stereocenters. The summed E-state index contributed by atoms with van der Waals surface area (Å²) in [6, 6.07) is 13.3. The lowest BCUT2D eigenvalue weighted by Gasteiger charge is -2.26. The number of rotatable bonds is 5. The molecule has 106 valence electrons. The molecule has 0 aliphatic heterocycles. The Morgan fingerprint density at radius 1 is 1.15 bits per heavy atom. The second-order valence-electron chi connectivity index (χ2n) is 4.87. The van der Waals surface area contributed by atoms with Gasteiger partial charge in [-0.3, -0.25) is 0 Å². The first-order valence-electron chi connectivity index (χ1n) is 6.99. The average Bonchev–Trinajstić information content (AvgIpc) is 2.43. The Bertz CT molecular complexity index is 581. The number of para-hydroxylation sites is 1. The minimum absolute atomic E-state index is 0.195. The Morgan fingerprint density at radius 2 is 1.90 bits per heavy atom. The number of aryl methyl sites for hydroxylation is 1. The molecule has 0 heterocycles. The molecule has 0 saturated heterocycles. The molecule has 2 aromatic rings. The molecular weight excluding hydrogens is 251 g/mol. The van der Waals surface area contributed by atoms with E-state index in [4.69, 9.17) is 5.73 Å². The molecule has 3 heteroatoms.